The maximum atomic E-state index is 15.3. The summed E-state index contributed by atoms with van der Waals surface area (Å²) in [5.41, 5.74) is 3.07. The van der Waals surface area contributed by atoms with Crippen LogP contribution in [0.3, 0.4) is 0 Å². The molecule has 2 aromatic carbocycles. The van der Waals surface area contributed by atoms with Crippen LogP contribution in [-0.4, -0.2) is 104 Å². The number of Topliss-reactive ketones (excluding diaryl/α,β-unsaturated/α-hetero) is 1. The van der Waals surface area contributed by atoms with Crippen molar-refractivity contribution in [1.82, 2.24) is 19.6 Å². The van der Waals surface area contributed by atoms with Gasteiger partial charge in [0.15, 0.2) is 5.78 Å². The number of aryl methyl sites for hydroxylation is 3. The van der Waals surface area contributed by atoms with E-state index in [4.69, 9.17) is 30.5 Å². The minimum atomic E-state index is -3.75. The molecule has 0 radical (unpaired) electrons. The van der Waals surface area contributed by atoms with Crippen molar-refractivity contribution < 1.29 is 42.6 Å². The number of hydrogen-bond donors (Lipinski definition) is 1. The van der Waals surface area contributed by atoms with Crippen LogP contribution in [0.1, 0.15) is 81.7 Å². The second kappa shape index (κ2) is 17.2. The zero-order valence-electron chi connectivity index (χ0n) is 35.8. The topological polar surface area (TPSA) is 177 Å². The maximum Gasteiger partial charge on any atom is 0.345 e. The molecule has 4 heterocycles. The molecular weight excluding hydrogens is 836 g/mol. The summed E-state index contributed by atoms with van der Waals surface area (Å²) >= 11 is 6.50. The molecule has 0 unspecified atom stereocenters. The van der Waals surface area contributed by atoms with Crippen LogP contribution in [0.2, 0.25) is 5.02 Å². The molecule has 1 fully saturated rings. The van der Waals surface area contributed by atoms with E-state index in [0.717, 1.165) is 32.1 Å². The predicted molar refractivity (Wildman–Crippen MR) is 233 cm³/mol. The van der Waals surface area contributed by atoms with Crippen LogP contribution in [-0.2, 0) is 40.4 Å². The van der Waals surface area contributed by atoms with Crippen molar-refractivity contribution in [3.63, 3.8) is 0 Å². The Bertz CT molecular complexity index is 2560. The third-order valence-electron chi connectivity index (χ3n) is 13.3. The molecule has 8 rings (SSSR count). The van der Waals surface area contributed by atoms with Gasteiger partial charge in [-0.3, -0.25) is 19.0 Å². The predicted octanol–water partition coefficient (Wildman–Crippen LogP) is 6.00. The summed E-state index contributed by atoms with van der Waals surface area (Å²) in [4.78, 5) is 44.5. The Kier molecular flexibility index (Phi) is 12.0. The molecule has 15 nitrogen and oxygen atoms in total. The van der Waals surface area contributed by atoms with Crippen LogP contribution in [0.15, 0.2) is 65.3 Å². The standard InChI is InChI=1S/C45H53ClN6O9S/c1-26-27(2)62(57,23-38(54)33-21-50(3)47-42(33)58-5)49-41(55)29-10-15-40-36(19-29)52(24-45(25-60-40)17-7-8-28-18-31(46)11-13-35(28)45)20-30-9-12-32(30)39(16-14-37(26)53)61-44(56)34-22-51(4)48-43(34)59-6/h10-11,13-16,18-19,21-22,26-27,30,32,37,39,53H,7-9,12,17,20,23-25H2,1-6H3/b16-14+/t26-,27-,30+,32-,37+,39+,45+,62+/m1/s1. The number of benzene rings is 2. The third-order valence-corrected chi connectivity index (χ3v) is 16.3. The quantitative estimate of drug-likeness (QED) is 0.130. The molecule has 2 bridgehead atoms. The van der Waals surface area contributed by atoms with Crippen molar-refractivity contribution in [2.45, 2.75) is 68.8 Å². The Labute approximate surface area is 366 Å². The van der Waals surface area contributed by atoms with Gasteiger partial charge in [0, 0.05) is 72.7 Å². The van der Waals surface area contributed by atoms with E-state index in [1.807, 2.05) is 12.1 Å². The summed E-state index contributed by atoms with van der Waals surface area (Å²) in [7, 11) is 2.39. The Morgan fingerprint density at radius 2 is 1.73 bits per heavy atom. The highest BCUT2D eigenvalue weighted by Crippen LogP contribution is 2.47. The number of amides is 1. The van der Waals surface area contributed by atoms with Gasteiger partial charge in [-0.15, -0.1) is 10.2 Å². The fraction of sp³-hybridized carbons (Fsp3) is 0.489. The van der Waals surface area contributed by atoms with E-state index < -0.39 is 61.9 Å². The van der Waals surface area contributed by atoms with E-state index in [9.17, 15) is 19.5 Å². The van der Waals surface area contributed by atoms with Crippen LogP contribution in [0.5, 0.6) is 17.5 Å². The van der Waals surface area contributed by atoms with Gasteiger partial charge < -0.3 is 29.0 Å². The number of carbonyl (C=O) groups excluding carboxylic acids is 3. The van der Waals surface area contributed by atoms with Crippen molar-refractivity contribution in [3.05, 3.63) is 93.8 Å². The Hall–Kier alpha value is -5.19. The number of methoxy groups -OCH3 is 2. The van der Waals surface area contributed by atoms with Crippen LogP contribution < -0.4 is 19.1 Å². The molecule has 62 heavy (non-hydrogen) atoms. The molecule has 1 spiro atoms. The highest BCUT2D eigenvalue weighted by Gasteiger charge is 2.45. The largest absolute Gasteiger partial charge is 0.490 e. The number of anilines is 1. The summed E-state index contributed by atoms with van der Waals surface area (Å²) in [6.07, 6.45) is 8.55. The molecule has 4 aliphatic rings. The summed E-state index contributed by atoms with van der Waals surface area (Å²) in [6, 6.07) is 11.2. The SMILES string of the molecule is COc1nn(C)cc1C(=O)C[S@@]1(=O)=NC(=O)c2ccc3c(c2)N(C[C@@H]2CC[C@H]2[C@@H](OC(=O)c2cn(C)nc2OC)/C=C/[C@H](O)[C@H](C)[C@H]1C)C[C@@]1(CCCc2cc(Cl)ccc21)CO3. The van der Waals surface area contributed by atoms with Crippen molar-refractivity contribution >= 4 is 44.7 Å². The Morgan fingerprint density at radius 3 is 2.44 bits per heavy atom. The number of aliphatic hydroxyl groups is 1. The molecule has 2 aliphatic carbocycles. The highest BCUT2D eigenvalue weighted by atomic mass is 35.5. The van der Waals surface area contributed by atoms with Crippen LogP contribution in [0, 0.1) is 17.8 Å². The van der Waals surface area contributed by atoms with Gasteiger partial charge in [-0.2, -0.15) is 4.36 Å². The van der Waals surface area contributed by atoms with E-state index >= 15 is 4.21 Å². The molecule has 2 aromatic heterocycles. The second-order valence-corrected chi connectivity index (χ2v) is 20.2. The average Bonchev–Trinajstić information content (AvgIpc) is 3.78. The monoisotopic (exact) mass is 888 g/mol. The minimum absolute atomic E-state index is 0.0316. The molecule has 330 valence electrons. The first-order valence-electron chi connectivity index (χ1n) is 21.0. The van der Waals surface area contributed by atoms with Gasteiger partial charge >= 0.3 is 5.97 Å². The van der Waals surface area contributed by atoms with Gasteiger partial charge in [0.2, 0.25) is 11.8 Å². The zero-order valence-corrected chi connectivity index (χ0v) is 37.4. The summed E-state index contributed by atoms with van der Waals surface area (Å²) in [5.74, 6) is -2.72. The van der Waals surface area contributed by atoms with Gasteiger partial charge in [-0.25, -0.2) is 9.00 Å². The molecule has 1 saturated carbocycles. The van der Waals surface area contributed by atoms with Crippen molar-refractivity contribution in [2.75, 3.05) is 44.6 Å². The normalized spacial score (nSPS) is 28.9. The van der Waals surface area contributed by atoms with Gasteiger partial charge in [-0.1, -0.05) is 30.7 Å². The fourth-order valence-electron chi connectivity index (χ4n) is 9.53. The molecule has 2 aliphatic heterocycles. The number of halogens is 1. The number of carbonyl (C=O) groups is 3. The lowest BCUT2D eigenvalue weighted by Crippen LogP contribution is -2.50. The van der Waals surface area contributed by atoms with Gasteiger partial charge in [0.05, 0.1) is 48.1 Å². The van der Waals surface area contributed by atoms with E-state index in [1.165, 1.54) is 40.9 Å². The van der Waals surface area contributed by atoms with Gasteiger partial charge in [0.1, 0.15) is 23.0 Å². The lowest BCUT2D eigenvalue weighted by Gasteiger charge is -2.46. The molecule has 8 atom stereocenters. The number of ketones is 1. The second-order valence-electron chi connectivity index (χ2n) is 17.2. The lowest BCUT2D eigenvalue weighted by atomic mass is 9.68. The van der Waals surface area contributed by atoms with E-state index in [2.05, 4.69) is 25.5 Å². The number of nitrogens with zero attached hydrogens (tertiary/aromatic N) is 6. The first kappa shape index (κ1) is 43.5. The van der Waals surface area contributed by atoms with E-state index in [1.54, 1.807) is 64.5 Å². The Morgan fingerprint density at radius 1 is 1.00 bits per heavy atom. The van der Waals surface area contributed by atoms with Crippen LogP contribution >= 0.6 is 11.6 Å². The average molecular weight is 889 g/mol. The number of hydrogen-bond acceptors (Lipinski definition) is 12. The summed E-state index contributed by atoms with van der Waals surface area (Å²) in [5, 5.41) is 19.9. The van der Waals surface area contributed by atoms with E-state index in [0.29, 0.717) is 36.2 Å². The first-order valence-corrected chi connectivity index (χ1v) is 23.1. The number of esters is 1. The molecule has 1 amide bonds. The summed E-state index contributed by atoms with van der Waals surface area (Å²) < 4.78 is 46.3. The van der Waals surface area contributed by atoms with Crippen molar-refractivity contribution in [1.29, 1.82) is 0 Å². The first-order chi connectivity index (χ1) is 29.6. The number of aliphatic hydroxyl groups excluding tert-OH is 1. The molecule has 1 N–H and O–H groups in total. The van der Waals surface area contributed by atoms with Crippen LogP contribution in [0.4, 0.5) is 5.69 Å². The molecule has 17 heteroatoms. The molecule has 4 aromatic rings. The summed E-state index contributed by atoms with van der Waals surface area (Å²) in [6.45, 7) is 4.80. The number of aromatic nitrogens is 4. The van der Waals surface area contributed by atoms with Gasteiger partial charge in [0.25, 0.3) is 5.91 Å². The number of rotatable bonds is 7. The zero-order chi connectivity index (χ0) is 44.1. The molecular formula is C45H53ClN6O9S. The fourth-order valence-corrected chi connectivity index (χ4v) is 12.0. The van der Waals surface area contributed by atoms with Crippen LogP contribution in [0.25, 0.3) is 0 Å². The van der Waals surface area contributed by atoms with Crippen molar-refractivity contribution in [3.8, 4) is 17.5 Å². The number of ether oxygens (including phenoxy) is 4. The number of fused-ring (bicyclic) bond motifs is 4. The van der Waals surface area contributed by atoms with E-state index in [-0.39, 0.29) is 40.3 Å². The lowest BCUT2D eigenvalue weighted by molar-refractivity contribution is -0.00274. The maximum absolute atomic E-state index is 15.3. The third kappa shape index (κ3) is 8.24. The van der Waals surface area contributed by atoms with Gasteiger partial charge in [-0.05, 0) is 92.5 Å². The van der Waals surface area contributed by atoms with Crippen molar-refractivity contribution in [2.24, 2.45) is 36.2 Å². The molecule has 0 saturated heterocycles. The minimum Gasteiger partial charge on any atom is -0.490 e. The Balaban J connectivity index is 1.24. The highest BCUT2D eigenvalue weighted by molar-refractivity contribution is 7.95. The smallest absolute Gasteiger partial charge is 0.345 e.